The highest BCUT2D eigenvalue weighted by Gasteiger charge is 2.14. The lowest BCUT2D eigenvalue weighted by Crippen LogP contribution is -2.25. The summed E-state index contributed by atoms with van der Waals surface area (Å²) < 4.78 is 11.0. The first-order chi connectivity index (χ1) is 11.3. The smallest absolute Gasteiger partial charge is 0.251 e. The summed E-state index contributed by atoms with van der Waals surface area (Å²) >= 11 is 1.80. The molecule has 5 heteroatoms. The van der Waals surface area contributed by atoms with Gasteiger partial charge in [0, 0.05) is 17.0 Å². The first-order valence-electron chi connectivity index (χ1n) is 7.68. The average molecular weight is 329 g/mol. The SMILES string of the molecule is O=C(NCCCSc1ccccc1)c1ccc2c(c1)OCCO2. The molecule has 120 valence electrons. The van der Waals surface area contributed by atoms with Gasteiger partial charge in [0.15, 0.2) is 11.5 Å². The molecule has 1 amide bonds. The van der Waals surface area contributed by atoms with Gasteiger partial charge in [0.05, 0.1) is 0 Å². The predicted molar refractivity (Wildman–Crippen MR) is 91.5 cm³/mol. The van der Waals surface area contributed by atoms with Gasteiger partial charge in [-0.05, 0) is 42.5 Å². The molecule has 2 aromatic rings. The summed E-state index contributed by atoms with van der Waals surface area (Å²) in [5, 5.41) is 2.94. The Kier molecular flexibility index (Phi) is 5.42. The summed E-state index contributed by atoms with van der Waals surface area (Å²) in [7, 11) is 0. The molecule has 1 N–H and O–H groups in total. The molecular weight excluding hydrogens is 310 g/mol. The molecule has 23 heavy (non-hydrogen) atoms. The van der Waals surface area contributed by atoms with Crippen molar-refractivity contribution < 1.29 is 14.3 Å². The van der Waals surface area contributed by atoms with E-state index in [1.165, 1.54) is 4.90 Å². The Morgan fingerprint density at radius 1 is 1.04 bits per heavy atom. The molecule has 1 aliphatic rings. The van der Waals surface area contributed by atoms with E-state index in [2.05, 4.69) is 17.4 Å². The van der Waals surface area contributed by atoms with Crippen LogP contribution in [-0.4, -0.2) is 31.4 Å². The first-order valence-corrected chi connectivity index (χ1v) is 8.67. The van der Waals surface area contributed by atoms with Crippen molar-refractivity contribution in [3.05, 3.63) is 54.1 Å². The molecule has 0 bridgehead atoms. The molecule has 0 saturated heterocycles. The molecule has 0 unspecified atom stereocenters. The van der Waals surface area contributed by atoms with E-state index in [0.717, 1.165) is 12.2 Å². The van der Waals surface area contributed by atoms with Crippen molar-refractivity contribution in [1.29, 1.82) is 0 Å². The second-order valence-corrected chi connectivity index (χ2v) is 6.30. The van der Waals surface area contributed by atoms with E-state index in [4.69, 9.17) is 9.47 Å². The van der Waals surface area contributed by atoms with Gasteiger partial charge in [-0.1, -0.05) is 18.2 Å². The highest BCUT2D eigenvalue weighted by Crippen LogP contribution is 2.30. The van der Waals surface area contributed by atoms with Gasteiger partial charge in [0.1, 0.15) is 13.2 Å². The quantitative estimate of drug-likeness (QED) is 0.652. The fraction of sp³-hybridized carbons (Fsp3) is 0.278. The van der Waals surface area contributed by atoms with Gasteiger partial charge in [0.25, 0.3) is 5.91 Å². The van der Waals surface area contributed by atoms with E-state index in [9.17, 15) is 4.79 Å². The van der Waals surface area contributed by atoms with E-state index in [-0.39, 0.29) is 5.91 Å². The summed E-state index contributed by atoms with van der Waals surface area (Å²) in [6.07, 6.45) is 0.926. The Labute approximate surface area is 140 Å². The van der Waals surface area contributed by atoms with E-state index in [1.54, 1.807) is 30.0 Å². The van der Waals surface area contributed by atoms with E-state index < -0.39 is 0 Å². The third-order valence-electron chi connectivity index (χ3n) is 3.42. The number of thioether (sulfide) groups is 1. The minimum absolute atomic E-state index is 0.0771. The van der Waals surface area contributed by atoms with Gasteiger partial charge in [-0.3, -0.25) is 4.79 Å². The fourth-order valence-corrected chi connectivity index (χ4v) is 3.14. The minimum Gasteiger partial charge on any atom is -0.486 e. The van der Waals surface area contributed by atoms with Crippen LogP contribution in [0.1, 0.15) is 16.8 Å². The zero-order valence-electron chi connectivity index (χ0n) is 12.8. The average Bonchev–Trinajstić information content (AvgIpc) is 2.61. The van der Waals surface area contributed by atoms with Crippen LogP contribution in [0.3, 0.4) is 0 Å². The highest BCUT2D eigenvalue weighted by molar-refractivity contribution is 7.99. The lowest BCUT2D eigenvalue weighted by Gasteiger charge is -2.18. The molecular formula is C18H19NO3S. The third kappa shape index (κ3) is 4.42. The van der Waals surface area contributed by atoms with Crippen molar-refractivity contribution in [2.75, 3.05) is 25.5 Å². The van der Waals surface area contributed by atoms with Crippen molar-refractivity contribution in [1.82, 2.24) is 5.32 Å². The van der Waals surface area contributed by atoms with Crippen molar-refractivity contribution in [3.8, 4) is 11.5 Å². The Bertz CT molecular complexity index is 661. The predicted octanol–water partition coefficient (Wildman–Crippen LogP) is 3.37. The maximum absolute atomic E-state index is 12.1. The van der Waals surface area contributed by atoms with Crippen LogP contribution in [0.15, 0.2) is 53.4 Å². The third-order valence-corrected chi connectivity index (χ3v) is 4.52. The van der Waals surface area contributed by atoms with Crippen molar-refractivity contribution >= 4 is 17.7 Å². The largest absolute Gasteiger partial charge is 0.486 e. The lowest BCUT2D eigenvalue weighted by molar-refractivity contribution is 0.0952. The normalized spacial score (nSPS) is 12.7. The number of hydrogen-bond donors (Lipinski definition) is 1. The molecule has 0 saturated carbocycles. The molecule has 1 aliphatic heterocycles. The molecule has 0 spiro atoms. The van der Waals surface area contributed by atoms with Crippen LogP contribution in [0, 0.1) is 0 Å². The monoisotopic (exact) mass is 329 g/mol. The van der Waals surface area contributed by atoms with Gasteiger partial charge in [-0.25, -0.2) is 0 Å². The maximum Gasteiger partial charge on any atom is 0.251 e. The molecule has 0 aliphatic carbocycles. The zero-order valence-corrected chi connectivity index (χ0v) is 13.6. The van der Waals surface area contributed by atoms with Crippen LogP contribution in [0.5, 0.6) is 11.5 Å². The lowest BCUT2D eigenvalue weighted by atomic mass is 10.2. The van der Waals surface area contributed by atoms with Crippen LogP contribution in [-0.2, 0) is 0 Å². The zero-order chi connectivity index (χ0) is 15.9. The fourth-order valence-electron chi connectivity index (χ4n) is 2.27. The van der Waals surface area contributed by atoms with Crippen molar-refractivity contribution in [3.63, 3.8) is 0 Å². The molecule has 1 heterocycles. The Balaban J connectivity index is 1.42. The van der Waals surface area contributed by atoms with Crippen molar-refractivity contribution in [2.24, 2.45) is 0 Å². The standard InChI is InChI=1S/C18H19NO3S/c20-18(14-7-8-16-17(13-14)22-11-10-21-16)19-9-4-12-23-15-5-2-1-3-6-15/h1-3,5-8,13H,4,9-12H2,(H,19,20). The van der Waals surface area contributed by atoms with Crippen molar-refractivity contribution in [2.45, 2.75) is 11.3 Å². The van der Waals surface area contributed by atoms with Crippen LogP contribution in [0.2, 0.25) is 0 Å². The maximum atomic E-state index is 12.1. The van der Waals surface area contributed by atoms with Gasteiger partial charge < -0.3 is 14.8 Å². The Morgan fingerprint density at radius 2 is 1.83 bits per heavy atom. The molecule has 0 fully saturated rings. The number of ether oxygens (including phenoxy) is 2. The molecule has 0 aromatic heterocycles. The van der Waals surface area contributed by atoms with E-state index >= 15 is 0 Å². The van der Waals surface area contributed by atoms with Gasteiger partial charge in [0.2, 0.25) is 0 Å². The number of amides is 1. The molecule has 0 atom stereocenters. The first kappa shape index (κ1) is 15.7. The number of rotatable bonds is 6. The van der Waals surface area contributed by atoms with Crippen LogP contribution >= 0.6 is 11.8 Å². The molecule has 2 aromatic carbocycles. The highest BCUT2D eigenvalue weighted by atomic mass is 32.2. The number of benzene rings is 2. The van der Waals surface area contributed by atoms with Crippen LogP contribution < -0.4 is 14.8 Å². The van der Waals surface area contributed by atoms with E-state index in [0.29, 0.717) is 36.8 Å². The number of nitrogens with one attached hydrogen (secondary N) is 1. The second-order valence-electron chi connectivity index (χ2n) is 5.13. The van der Waals surface area contributed by atoms with E-state index in [1.807, 2.05) is 18.2 Å². The molecule has 3 rings (SSSR count). The van der Waals surface area contributed by atoms with Crippen LogP contribution in [0.25, 0.3) is 0 Å². The topological polar surface area (TPSA) is 47.6 Å². The van der Waals surface area contributed by atoms with Crippen LogP contribution in [0.4, 0.5) is 0 Å². The summed E-state index contributed by atoms with van der Waals surface area (Å²) in [6, 6.07) is 15.6. The summed E-state index contributed by atoms with van der Waals surface area (Å²) in [5.74, 6) is 2.24. The molecule has 4 nitrogen and oxygen atoms in total. The van der Waals surface area contributed by atoms with Gasteiger partial charge >= 0.3 is 0 Å². The summed E-state index contributed by atoms with van der Waals surface area (Å²) in [6.45, 7) is 1.74. The minimum atomic E-state index is -0.0771. The Morgan fingerprint density at radius 3 is 2.65 bits per heavy atom. The number of carbonyl (C=O) groups excluding carboxylic acids is 1. The second kappa shape index (κ2) is 7.92. The van der Waals surface area contributed by atoms with Gasteiger partial charge in [-0.15, -0.1) is 11.8 Å². The number of carbonyl (C=O) groups is 1. The Hall–Kier alpha value is -2.14. The van der Waals surface area contributed by atoms with Gasteiger partial charge in [-0.2, -0.15) is 0 Å². The number of fused-ring (bicyclic) bond motifs is 1. The number of hydrogen-bond acceptors (Lipinski definition) is 4. The summed E-state index contributed by atoms with van der Waals surface area (Å²) in [4.78, 5) is 13.4. The summed E-state index contributed by atoms with van der Waals surface area (Å²) in [5.41, 5.74) is 0.602. The molecule has 0 radical (unpaired) electrons.